The highest BCUT2D eigenvalue weighted by Crippen LogP contribution is 2.42. The first-order valence-corrected chi connectivity index (χ1v) is 11.7. The van der Waals surface area contributed by atoms with Crippen LogP contribution in [0.5, 0.6) is 0 Å². The second-order valence-corrected chi connectivity index (χ2v) is 9.86. The molecular formula is C24H25Cl3N4O. The van der Waals surface area contributed by atoms with Crippen LogP contribution in [0.1, 0.15) is 55.0 Å². The van der Waals surface area contributed by atoms with Gasteiger partial charge >= 0.3 is 0 Å². The largest absolute Gasteiger partial charge is 0.363 e. The van der Waals surface area contributed by atoms with Crippen molar-refractivity contribution in [1.29, 1.82) is 0 Å². The Morgan fingerprint density at radius 1 is 0.969 bits per heavy atom. The summed E-state index contributed by atoms with van der Waals surface area (Å²) in [5, 5.41) is 3.89. The molecule has 1 aliphatic heterocycles. The van der Waals surface area contributed by atoms with Gasteiger partial charge in [0.25, 0.3) is 5.91 Å². The lowest BCUT2D eigenvalue weighted by Gasteiger charge is -2.33. The molecule has 0 unspecified atom stereocenters. The number of rotatable bonds is 5. The highest BCUT2D eigenvalue weighted by molar-refractivity contribution is 6.35. The van der Waals surface area contributed by atoms with Crippen LogP contribution in [0.15, 0.2) is 42.5 Å². The predicted octanol–water partition coefficient (Wildman–Crippen LogP) is 6.06. The highest BCUT2D eigenvalue weighted by atomic mass is 35.5. The zero-order valence-corrected chi connectivity index (χ0v) is 20.3. The van der Waals surface area contributed by atoms with Crippen LogP contribution in [-0.4, -0.2) is 28.7 Å². The van der Waals surface area contributed by atoms with Gasteiger partial charge in [0, 0.05) is 39.1 Å². The summed E-state index contributed by atoms with van der Waals surface area (Å²) in [6, 6.07) is 13.0. The number of aromatic nitrogens is 2. The van der Waals surface area contributed by atoms with E-state index in [0.29, 0.717) is 20.8 Å². The molecule has 2 heterocycles. The second-order valence-electron chi connectivity index (χ2n) is 8.58. The van der Waals surface area contributed by atoms with Gasteiger partial charge in [-0.1, -0.05) is 66.8 Å². The topological polar surface area (TPSA) is 64.1 Å². The third kappa shape index (κ3) is 4.21. The maximum absolute atomic E-state index is 12.5. The molecule has 1 aromatic heterocycles. The van der Waals surface area contributed by atoms with Gasteiger partial charge in [-0.25, -0.2) is 9.66 Å². The monoisotopic (exact) mass is 490 g/mol. The van der Waals surface area contributed by atoms with Crippen LogP contribution in [0.4, 0.5) is 0 Å². The molecule has 1 saturated heterocycles. The molecule has 2 N–H and O–H groups in total. The molecule has 1 fully saturated rings. The number of hydrogen-bond acceptors (Lipinski definition) is 3. The van der Waals surface area contributed by atoms with Crippen molar-refractivity contribution >= 4 is 40.7 Å². The van der Waals surface area contributed by atoms with E-state index >= 15 is 0 Å². The lowest BCUT2D eigenvalue weighted by atomic mass is 9.79. The smallest absolute Gasteiger partial charge is 0.286 e. The number of halogens is 3. The molecule has 5 nitrogen and oxygen atoms in total. The van der Waals surface area contributed by atoms with Gasteiger partial charge in [-0.05, 0) is 49.1 Å². The molecule has 0 spiro atoms. The van der Waals surface area contributed by atoms with E-state index in [0.717, 1.165) is 49.2 Å². The maximum Gasteiger partial charge on any atom is 0.286 e. The Labute approximate surface area is 203 Å². The first kappa shape index (κ1) is 23.0. The van der Waals surface area contributed by atoms with Gasteiger partial charge in [-0.3, -0.25) is 4.79 Å². The van der Waals surface area contributed by atoms with Crippen molar-refractivity contribution in [3.63, 3.8) is 0 Å². The van der Waals surface area contributed by atoms with Crippen molar-refractivity contribution in [3.8, 4) is 11.3 Å². The Morgan fingerprint density at radius 3 is 2.19 bits per heavy atom. The van der Waals surface area contributed by atoms with E-state index in [4.69, 9.17) is 45.5 Å². The third-order valence-electron chi connectivity index (χ3n) is 6.00. The van der Waals surface area contributed by atoms with Crippen LogP contribution in [0.3, 0.4) is 0 Å². The van der Waals surface area contributed by atoms with Crippen molar-refractivity contribution in [3.05, 3.63) is 74.6 Å². The van der Waals surface area contributed by atoms with E-state index in [1.165, 1.54) is 0 Å². The Kier molecular flexibility index (Phi) is 6.44. The number of carbonyl (C=O) groups is 1. The molecule has 4 rings (SSSR count). The van der Waals surface area contributed by atoms with E-state index < -0.39 is 11.3 Å². The molecule has 1 amide bonds. The SMILES string of the molecule is CC(C)(c1ccc(Cl)cc1Cl)c1nc(C(N)=O)n(N2CCCCC2)c1-c1ccc(Cl)cc1. The molecule has 0 atom stereocenters. The van der Waals surface area contributed by atoms with Crippen molar-refractivity contribution in [2.75, 3.05) is 18.1 Å². The number of carbonyl (C=O) groups excluding carboxylic acids is 1. The minimum atomic E-state index is -0.637. The molecule has 2 aromatic carbocycles. The summed E-state index contributed by atoms with van der Waals surface area (Å²) in [6.07, 6.45) is 3.24. The molecule has 32 heavy (non-hydrogen) atoms. The summed E-state index contributed by atoms with van der Waals surface area (Å²) in [5.41, 5.74) is 8.47. The quantitative estimate of drug-likeness (QED) is 0.472. The van der Waals surface area contributed by atoms with Crippen molar-refractivity contribution < 1.29 is 4.79 Å². The molecule has 0 saturated carbocycles. The molecular weight excluding hydrogens is 467 g/mol. The summed E-state index contributed by atoms with van der Waals surface area (Å²) in [4.78, 5) is 17.4. The number of nitrogens with zero attached hydrogens (tertiary/aromatic N) is 3. The number of imidazole rings is 1. The van der Waals surface area contributed by atoms with E-state index in [-0.39, 0.29) is 5.82 Å². The molecule has 1 aliphatic rings. The van der Waals surface area contributed by atoms with Crippen LogP contribution in [0.25, 0.3) is 11.3 Å². The fourth-order valence-electron chi connectivity index (χ4n) is 4.35. The van der Waals surface area contributed by atoms with E-state index in [2.05, 4.69) is 5.01 Å². The van der Waals surface area contributed by atoms with E-state index in [1.54, 1.807) is 6.07 Å². The number of amides is 1. The summed E-state index contributed by atoms with van der Waals surface area (Å²) in [6.45, 7) is 5.71. The van der Waals surface area contributed by atoms with Crippen molar-refractivity contribution in [2.24, 2.45) is 5.73 Å². The second kappa shape index (κ2) is 8.97. The van der Waals surface area contributed by atoms with Crippen molar-refractivity contribution in [1.82, 2.24) is 9.66 Å². The van der Waals surface area contributed by atoms with E-state index in [1.807, 2.05) is 54.9 Å². The number of hydrogen-bond donors (Lipinski definition) is 1. The Morgan fingerprint density at radius 2 is 1.59 bits per heavy atom. The third-order valence-corrected chi connectivity index (χ3v) is 6.80. The Balaban J connectivity index is 2.01. The zero-order valence-electron chi connectivity index (χ0n) is 18.0. The fraction of sp³-hybridized carbons (Fsp3) is 0.333. The average Bonchev–Trinajstić information content (AvgIpc) is 3.16. The van der Waals surface area contributed by atoms with E-state index in [9.17, 15) is 4.79 Å². The molecule has 3 aromatic rings. The summed E-state index contributed by atoms with van der Waals surface area (Å²) < 4.78 is 1.89. The minimum absolute atomic E-state index is 0.213. The number of benzene rings is 2. The molecule has 168 valence electrons. The fourth-order valence-corrected chi connectivity index (χ4v) is 5.12. The summed E-state index contributed by atoms with van der Waals surface area (Å²) in [5.74, 6) is -0.361. The van der Waals surface area contributed by atoms with Gasteiger partial charge in [0.05, 0.1) is 11.4 Å². The average molecular weight is 492 g/mol. The highest BCUT2D eigenvalue weighted by Gasteiger charge is 2.36. The normalized spacial score (nSPS) is 14.6. The van der Waals surface area contributed by atoms with Gasteiger partial charge in [0.1, 0.15) is 0 Å². The number of primary amides is 1. The van der Waals surface area contributed by atoms with Crippen LogP contribution in [0, 0.1) is 0 Å². The molecule has 8 heteroatoms. The Bertz CT molecular complexity index is 1150. The van der Waals surface area contributed by atoms with Crippen LogP contribution in [0.2, 0.25) is 15.1 Å². The van der Waals surface area contributed by atoms with Crippen LogP contribution >= 0.6 is 34.8 Å². The lowest BCUT2D eigenvalue weighted by Crippen LogP contribution is -2.42. The summed E-state index contributed by atoms with van der Waals surface area (Å²) >= 11 is 18.9. The standard InChI is InChI=1S/C24H25Cl3N4O/c1-24(2,18-11-10-17(26)14-19(18)27)21-20(15-6-8-16(25)9-7-15)31(23(29-21)22(28)32)30-12-4-3-5-13-30/h6-11,14H,3-5,12-13H2,1-2H3,(H2,28,32). The van der Waals surface area contributed by atoms with Gasteiger partial charge in [0.15, 0.2) is 0 Å². The maximum atomic E-state index is 12.5. The predicted molar refractivity (Wildman–Crippen MR) is 132 cm³/mol. The van der Waals surface area contributed by atoms with Gasteiger partial charge < -0.3 is 10.7 Å². The van der Waals surface area contributed by atoms with Crippen LogP contribution in [-0.2, 0) is 5.41 Å². The van der Waals surface area contributed by atoms with Gasteiger partial charge in [-0.15, -0.1) is 0 Å². The number of piperidine rings is 1. The molecule has 0 bridgehead atoms. The minimum Gasteiger partial charge on any atom is -0.363 e. The van der Waals surface area contributed by atoms with Crippen LogP contribution < -0.4 is 10.7 Å². The lowest BCUT2D eigenvalue weighted by molar-refractivity contribution is 0.0985. The van der Waals surface area contributed by atoms with Crippen molar-refractivity contribution in [2.45, 2.75) is 38.5 Å². The molecule has 0 radical (unpaired) electrons. The number of nitrogens with two attached hydrogens (primary N) is 1. The first-order chi connectivity index (χ1) is 15.2. The van der Waals surface area contributed by atoms with Gasteiger partial charge in [-0.2, -0.15) is 0 Å². The molecule has 0 aliphatic carbocycles. The summed E-state index contributed by atoms with van der Waals surface area (Å²) in [7, 11) is 0. The zero-order chi connectivity index (χ0) is 23.0. The first-order valence-electron chi connectivity index (χ1n) is 10.6. The Hall–Kier alpha value is -2.21. The van der Waals surface area contributed by atoms with Gasteiger partial charge in [0.2, 0.25) is 5.82 Å².